The standard InChI is InChI=1S/C22H23BrN2O4S/c1-15-19-13-17(23)7-10-20(19)29-21(15)22(26)24-14-16-5-8-18(9-6-16)30(27,28)25-11-3-2-4-12-25/h5-10,13H,2-4,11-12,14H2,1H3,(H,24,26). The number of nitrogens with one attached hydrogen (secondary N) is 1. The van der Waals surface area contributed by atoms with Gasteiger partial charge in [0.05, 0.1) is 4.90 Å². The second-order valence-electron chi connectivity index (χ2n) is 7.49. The van der Waals surface area contributed by atoms with E-state index in [2.05, 4.69) is 21.2 Å². The molecular formula is C22H23BrN2O4S. The van der Waals surface area contributed by atoms with Crippen molar-refractivity contribution in [2.45, 2.75) is 37.6 Å². The molecule has 0 saturated carbocycles. The Morgan fingerprint density at radius 1 is 1.10 bits per heavy atom. The lowest BCUT2D eigenvalue weighted by atomic mass is 10.1. The second kappa shape index (κ2) is 8.53. The van der Waals surface area contributed by atoms with Crippen molar-refractivity contribution in [3.8, 4) is 0 Å². The SMILES string of the molecule is Cc1c(C(=O)NCc2ccc(S(=O)(=O)N3CCCCC3)cc2)oc2ccc(Br)cc12. The lowest BCUT2D eigenvalue weighted by molar-refractivity contribution is 0.0924. The Hall–Kier alpha value is -2.16. The predicted octanol–water partition coefficient (Wildman–Crippen LogP) is 4.61. The van der Waals surface area contributed by atoms with Gasteiger partial charge in [0, 0.05) is 35.1 Å². The summed E-state index contributed by atoms with van der Waals surface area (Å²) in [4.78, 5) is 12.9. The zero-order valence-corrected chi connectivity index (χ0v) is 19.1. The predicted molar refractivity (Wildman–Crippen MR) is 119 cm³/mol. The molecule has 8 heteroatoms. The van der Waals surface area contributed by atoms with Crippen LogP contribution < -0.4 is 5.32 Å². The number of hydrogen-bond acceptors (Lipinski definition) is 4. The van der Waals surface area contributed by atoms with Gasteiger partial charge in [-0.25, -0.2) is 8.42 Å². The molecule has 3 aromatic rings. The van der Waals surface area contributed by atoms with Crippen LogP contribution in [-0.2, 0) is 16.6 Å². The van der Waals surface area contributed by atoms with Gasteiger partial charge in [-0.15, -0.1) is 0 Å². The Balaban J connectivity index is 1.44. The van der Waals surface area contributed by atoms with Gasteiger partial charge < -0.3 is 9.73 Å². The number of furan rings is 1. The van der Waals surface area contributed by atoms with Gasteiger partial charge in [0.25, 0.3) is 5.91 Å². The summed E-state index contributed by atoms with van der Waals surface area (Å²) < 4.78 is 33.7. The molecular weight excluding hydrogens is 468 g/mol. The van der Waals surface area contributed by atoms with Crippen LogP contribution in [0, 0.1) is 6.92 Å². The summed E-state index contributed by atoms with van der Waals surface area (Å²) in [6, 6.07) is 12.3. The Morgan fingerprint density at radius 3 is 2.50 bits per heavy atom. The van der Waals surface area contributed by atoms with E-state index in [0.717, 1.165) is 40.2 Å². The molecule has 30 heavy (non-hydrogen) atoms. The number of piperidine rings is 1. The van der Waals surface area contributed by atoms with Crippen molar-refractivity contribution >= 4 is 42.8 Å². The van der Waals surface area contributed by atoms with Gasteiger partial charge in [-0.05, 0) is 55.7 Å². The monoisotopic (exact) mass is 490 g/mol. The largest absolute Gasteiger partial charge is 0.451 e. The van der Waals surface area contributed by atoms with E-state index >= 15 is 0 Å². The van der Waals surface area contributed by atoms with E-state index in [1.54, 1.807) is 28.6 Å². The van der Waals surface area contributed by atoms with Crippen LogP contribution in [0.3, 0.4) is 0 Å². The summed E-state index contributed by atoms with van der Waals surface area (Å²) in [7, 11) is -3.45. The van der Waals surface area contributed by atoms with Gasteiger partial charge in [-0.2, -0.15) is 4.31 Å². The average molecular weight is 491 g/mol. The fraction of sp³-hybridized carbons (Fsp3) is 0.318. The number of rotatable bonds is 5. The van der Waals surface area contributed by atoms with Crippen molar-refractivity contribution in [3.63, 3.8) is 0 Å². The minimum Gasteiger partial charge on any atom is -0.451 e. The number of amides is 1. The van der Waals surface area contributed by atoms with E-state index in [0.29, 0.717) is 18.7 Å². The number of halogens is 1. The first-order valence-corrected chi connectivity index (χ1v) is 12.2. The summed E-state index contributed by atoms with van der Waals surface area (Å²) in [5.74, 6) is -0.0165. The number of aryl methyl sites for hydroxylation is 1. The summed E-state index contributed by atoms with van der Waals surface area (Å²) in [5, 5.41) is 3.74. The van der Waals surface area contributed by atoms with Gasteiger partial charge in [0.15, 0.2) is 5.76 Å². The third-order valence-corrected chi connectivity index (χ3v) is 7.84. The topological polar surface area (TPSA) is 79.6 Å². The van der Waals surface area contributed by atoms with Crippen LogP contribution in [0.5, 0.6) is 0 Å². The number of benzene rings is 2. The highest BCUT2D eigenvalue weighted by Crippen LogP contribution is 2.28. The Kier molecular flexibility index (Phi) is 5.99. The van der Waals surface area contributed by atoms with E-state index in [1.807, 2.05) is 25.1 Å². The Bertz CT molecular complexity index is 1180. The minimum atomic E-state index is -3.45. The van der Waals surface area contributed by atoms with Gasteiger partial charge in [0.1, 0.15) is 5.58 Å². The van der Waals surface area contributed by atoms with Crippen LogP contribution in [-0.4, -0.2) is 31.7 Å². The maximum Gasteiger partial charge on any atom is 0.287 e. The first-order valence-electron chi connectivity index (χ1n) is 9.92. The van der Waals surface area contributed by atoms with Crippen LogP contribution >= 0.6 is 15.9 Å². The second-order valence-corrected chi connectivity index (χ2v) is 10.3. The normalized spacial score (nSPS) is 15.4. The van der Waals surface area contributed by atoms with Crippen molar-refractivity contribution < 1.29 is 17.6 Å². The summed E-state index contributed by atoms with van der Waals surface area (Å²) in [6.45, 7) is 3.29. The molecule has 4 rings (SSSR count). The van der Waals surface area contributed by atoms with Crippen molar-refractivity contribution in [1.29, 1.82) is 0 Å². The minimum absolute atomic E-state index is 0.281. The van der Waals surface area contributed by atoms with Crippen LogP contribution in [0.4, 0.5) is 0 Å². The van der Waals surface area contributed by atoms with E-state index in [4.69, 9.17) is 4.42 Å². The maximum absolute atomic E-state index is 12.7. The van der Waals surface area contributed by atoms with Gasteiger partial charge in [0.2, 0.25) is 10.0 Å². The fourth-order valence-corrected chi connectivity index (χ4v) is 5.58. The zero-order chi connectivity index (χ0) is 21.3. The zero-order valence-electron chi connectivity index (χ0n) is 16.7. The molecule has 1 fully saturated rings. The number of carbonyl (C=O) groups excluding carboxylic acids is 1. The van der Waals surface area contributed by atoms with Crippen LogP contribution in [0.25, 0.3) is 11.0 Å². The lowest BCUT2D eigenvalue weighted by Gasteiger charge is -2.25. The molecule has 6 nitrogen and oxygen atoms in total. The Labute approximate surface area is 184 Å². The highest BCUT2D eigenvalue weighted by molar-refractivity contribution is 9.10. The molecule has 0 bridgehead atoms. The fourth-order valence-electron chi connectivity index (χ4n) is 3.71. The molecule has 0 unspecified atom stereocenters. The number of carbonyl (C=O) groups is 1. The molecule has 2 aromatic carbocycles. The summed E-state index contributed by atoms with van der Waals surface area (Å²) >= 11 is 3.43. The van der Waals surface area contributed by atoms with Gasteiger partial charge in [-0.1, -0.05) is 34.5 Å². The molecule has 1 aliphatic heterocycles. The lowest BCUT2D eigenvalue weighted by Crippen LogP contribution is -2.35. The van der Waals surface area contributed by atoms with Crippen molar-refractivity contribution in [2.75, 3.05) is 13.1 Å². The molecule has 0 spiro atoms. The number of nitrogens with zero attached hydrogens (tertiary/aromatic N) is 1. The number of sulfonamides is 1. The third kappa shape index (κ3) is 4.17. The molecule has 0 atom stereocenters. The van der Waals surface area contributed by atoms with Crippen molar-refractivity contribution in [2.24, 2.45) is 0 Å². The number of hydrogen-bond donors (Lipinski definition) is 1. The van der Waals surface area contributed by atoms with Crippen LogP contribution in [0.15, 0.2) is 56.2 Å². The van der Waals surface area contributed by atoms with Crippen molar-refractivity contribution in [3.05, 3.63) is 63.8 Å². The maximum atomic E-state index is 12.7. The van der Waals surface area contributed by atoms with Crippen LogP contribution in [0.1, 0.15) is 40.9 Å². The van der Waals surface area contributed by atoms with E-state index in [-0.39, 0.29) is 23.1 Å². The molecule has 0 aliphatic carbocycles. The third-order valence-electron chi connectivity index (χ3n) is 5.43. The van der Waals surface area contributed by atoms with Crippen molar-refractivity contribution in [1.82, 2.24) is 9.62 Å². The molecule has 1 saturated heterocycles. The molecule has 158 valence electrons. The van der Waals surface area contributed by atoms with Crippen LogP contribution in [0.2, 0.25) is 0 Å². The Morgan fingerprint density at radius 2 is 1.80 bits per heavy atom. The highest BCUT2D eigenvalue weighted by Gasteiger charge is 2.25. The van der Waals surface area contributed by atoms with E-state index in [1.165, 1.54) is 0 Å². The molecule has 1 aliphatic rings. The van der Waals surface area contributed by atoms with Gasteiger partial charge in [-0.3, -0.25) is 4.79 Å². The molecule has 2 heterocycles. The molecule has 1 aromatic heterocycles. The van der Waals surface area contributed by atoms with E-state index in [9.17, 15) is 13.2 Å². The average Bonchev–Trinajstić information content (AvgIpc) is 3.09. The summed E-state index contributed by atoms with van der Waals surface area (Å²) in [6.07, 6.45) is 2.88. The highest BCUT2D eigenvalue weighted by atomic mass is 79.9. The quantitative estimate of drug-likeness (QED) is 0.566. The molecule has 1 N–H and O–H groups in total. The molecule has 0 radical (unpaired) electrons. The first-order chi connectivity index (χ1) is 14.4. The molecule has 1 amide bonds. The van der Waals surface area contributed by atoms with Gasteiger partial charge >= 0.3 is 0 Å². The number of fused-ring (bicyclic) bond motifs is 1. The summed E-state index contributed by atoms with van der Waals surface area (Å²) in [5.41, 5.74) is 2.26. The first kappa shape index (κ1) is 21.1. The smallest absolute Gasteiger partial charge is 0.287 e. The van der Waals surface area contributed by atoms with E-state index < -0.39 is 10.0 Å².